The fraction of sp³-hybridized carbons (Fsp3) is 0.370. The first-order valence-electron chi connectivity index (χ1n) is 11.4. The molecule has 6 nitrogen and oxygen atoms in total. The van der Waals surface area contributed by atoms with Gasteiger partial charge in [-0.2, -0.15) is 5.10 Å². The zero-order valence-corrected chi connectivity index (χ0v) is 20.5. The van der Waals surface area contributed by atoms with E-state index in [0.717, 1.165) is 39.5 Å². The van der Waals surface area contributed by atoms with Crippen molar-refractivity contribution in [1.29, 1.82) is 0 Å². The third kappa shape index (κ3) is 6.31. The average molecular weight is 447 g/mol. The van der Waals surface area contributed by atoms with Gasteiger partial charge in [0.15, 0.2) is 0 Å². The molecule has 0 aliphatic rings. The molecular formula is C27H34N4O2. The minimum atomic E-state index is -0.0381. The fourth-order valence-corrected chi connectivity index (χ4v) is 4.09. The van der Waals surface area contributed by atoms with E-state index in [0.29, 0.717) is 25.8 Å². The summed E-state index contributed by atoms with van der Waals surface area (Å²) < 4.78 is 1.87. The summed E-state index contributed by atoms with van der Waals surface area (Å²) >= 11 is 0. The van der Waals surface area contributed by atoms with Crippen molar-refractivity contribution in [2.75, 3.05) is 10.6 Å². The highest BCUT2D eigenvalue weighted by Crippen LogP contribution is 2.20. The Kier molecular flexibility index (Phi) is 7.69. The maximum Gasteiger partial charge on any atom is 0.226 e. The standard InChI is InChI=1S/C27H34N4O2/c1-17-7-10-24(19(3)15-17)28-26(32)12-9-23-21(5)30-31(22(23)6)14-13-27(33)29-25-11-8-18(2)16-20(25)4/h7-8,10-11,15-16H,9,12-14H2,1-6H3,(H,28,32)(H,29,33). The Balaban J connectivity index is 1.55. The molecule has 0 atom stereocenters. The van der Waals surface area contributed by atoms with E-state index in [9.17, 15) is 9.59 Å². The van der Waals surface area contributed by atoms with Crippen LogP contribution in [0.2, 0.25) is 0 Å². The van der Waals surface area contributed by atoms with Crippen molar-refractivity contribution in [2.45, 2.75) is 67.3 Å². The summed E-state index contributed by atoms with van der Waals surface area (Å²) in [5.74, 6) is -0.0507. The Labute approximate surface area is 196 Å². The topological polar surface area (TPSA) is 76.0 Å². The van der Waals surface area contributed by atoms with Crippen LogP contribution in [-0.4, -0.2) is 21.6 Å². The van der Waals surface area contributed by atoms with Gasteiger partial charge >= 0.3 is 0 Å². The molecule has 1 heterocycles. The minimum absolute atomic E-state index is 0.0126. The van der Waals surface area contributed by atoms with E-state index in [1.54, 1.807) is 0 Å². The van der Waals surface area contributed by atoms with Gasteiger partial charge in [0, 0.05) is 36.5 Å². The van der Waals surface area contributed by atoms with E-state index in [-0.39, 0.29) is 11.8 Å². The van der Waals surface area contributed by atoms with Gasteiger partial charge in [0.1, 0.15) is 0 Å². The summed E-state index contributed by atoms with van der Waals surface area (Å²) in [5.41, 5.74) is 9.13. The third-order valence-corrected chi connectivity index (χ3v) is 6.00. The molecule has 0 saturated carbocycles. The van der Waals surface area contributed by atoms with E-state index in [1.165, 1.54) is 11.1 Å². The number of hydrogen-bond donors (Lipinski definition) is 2. The van der Waals surface area contributed by atoms with Gasteiger partial charge in [-0.3, -0.25) is 14.3 Å². The number of carbonyl (C=O) groups is 2. The first-order chi connectivity index (χ1) is 15.6. The van der Waals surface area contributed by atoms with Crippen LogP contribution < -0.4 is 10.6 Å². The minimum Gasteiger partial charge on any atom is -0.326 e. The van der Waals surface area contributed by atoms with Crippen LogP contribution in [0.5, 0.6) is 0 Å². The van der Waals surface area contributed by atoms with Crippen LogP contribution in [0.1, 0.15) is 52.0 Å². The predicted molar refractivity (Wildman–Crippen MR) is 134 cm³/mol. The lowest BCUT2D eigenvalue weighted by Crippen LogP contribution is -2.16. The molecule has 6 heteroatoms. The number of aromatic nitrogens is 2. The molecule has 0 fully saturated rings. The summed E-state index contributed by atoms with van der Waals surface area (Å²) in [5, 5.41) is 10.6. The highest BCUT2D eigenvalue weighted by molar-refractivity contribution is 5.92. The average Bonchev–Trinajstić information content (AvgIpc) is 3.02. The second-order valence-electron chi connectivity index (χ2n) is 8.86. The number of rotatable bonds is 8. The van der Waals surface area contributed by atoms with Gasteiger partial charge in [-0.25, -0.2) is 0 Å². The van der Waals surface area contributed by atoms with Crippen LogP contribution in [0.4, 0.5) is 11.4 Å². The Morgan fingerprint density at radius 3 is 1.82 bits per heavy atom. The zero-order valence-electron chi connectivity index (χ0n) is 20.5. The normalized spacial score (nSPS) is 10.8. The van der Waals surface area contributed by atoms with Gasteiger partial charge in [-0.1, -0.05) is 35.4 Å². The summed E-state index contributed by atoms with van der Waals surface area (Å²) in [6.45, 7) is 12.5. The largest absolute Gasteiger partial charge is 0.326 e. The van der Waals surface area contributed by atoms with Crippen molar-refractivity contribution >= 4 is 23.2 Å². The zero-order chi connectivity index (χ0) is 24.1. The SMILES string of the molecule is Cc1ccc(NC(=O)CCc2c(C)nn(CCC(=O)Nc3ccc(C)cc3C)c2C)c(C)c1. The highest BCUT2D eigenvalue weighted by atomic mass is 16.2. The molecule has 0 radical (unpaired) electrons. The van der Waals surface area contributed by atoms with Gasteiger partial charge in [0.2, 0.25) is 11.8 Å². The number of nitrogens with zero attached hydrogens (tertiary/aromatic N) is 2. The highest BCUT2D eigenvalue weighted by Gasteiger charge is 2.15. The lowest BCUT2D eigenvalue weighted by Gasteiger charge is -2.10. The van der Waals surface area contributed by atoms with Crippen molar-refractivity contribution in [3.63, 3.8) is 0 Å². The van der Waals surface area contributed by atoms with Gasteiger partial charge < -0.3 is 10.6 Å². The lowest BCUT2D eigenvalue weighted by atomic mass is 10.1. The van der Waals surface area contributed by atoms with Crippen LogP contribution >= 0.6 is 0 Å². The fourth-order valence-electron chi connectivity index (χ4n) is 4.09. The molecule has 1 aromatic heterocycles. The number of anilines is 2. The smallest absolute Gasteiger partial charge is 0.226 e. The Morgan fingerprint density at radius 2 is 1.30 bits per heavy atom. The van der Waals surface area contributed by atoms with Crippen LogP contribution in [0.15, 0.2) is 36.4 Å². The summed E-state index contributed by atoms with van der Waals surface area (Å²) in [6.07, 6.45) is 1.33. The molecule has 2 aromatic carbocycles. The molecule has 3 rings (SSSR count). The molecular weight excluding hydrogens is 412 g/mol. The van der Waals surface area contributed by atoms with Crippen molar-refractivity contribution in [1.82, 2.24) is 9.78 Å². The lowest BCUT2D eigenvalue weighted by molar-refractivity contribution is -0.117. The first kappa shape index (κ1) is 24.2. The molecule has 33 heavy (non-hydrogen) atoms. The monoisotopic (exact) mass is 446 g/mol. The number of benzene rings is 2. The summed E-state index contributed by atoms with van der Waals surface area (Å²) in [7, 11) is 0. The molecule has 2 N–H and O–H groups in total. The van der Waals surface area contributed by atoms with Gasteiger partial charge in [0.25, 0.3) is 0 Å². The second-order valence-corrected chi connectivity index (χ2v) is 8.86. The van der Waals surface area contributed by atoms with E-state index in [4.69, 9.17) is 0 Å². The van der Waals surface area contributed by atoms with Crippen LogP contribution in [0.25, 0.3) is 0 Å². The van der Waals surface area contributed by atoms with Crippen LogP contribution in [0, 0.1) is 41.5 Å². The molecule has 2 amide bonds. The number of hydrogen-bond acceptors (Lipinski definition) is 3. The molecule has 0 aliphatic carbocycles. The van der Waals surface area contributed by atoms with Crippen LogP contribution in [0.3, 0.4) is 0 Å². The van der Waals surface area contributed by atoms with Crippen molar-refractivity contribution in [3.8, 4) is 0 Å². The Hall–Kier alpha value is -3.41. The third-order valence-electron chi connectivity index (χ3n) is 6.00. The molecule has 0 spiro atoms. The molecule has 0 aliphatic heterocycles. The molecule has 3 aromatic rings. The number of carbonyl (C=O) groups excluding carboxylic acids is 2. The Morgan fingerprint density at radius 1 is 0.788 bits per heavy atom. The van der Waals surface area contributed by atoms with Crippen molar-refractivity contribution in [2.24, 2.45) is 0 Å². The number of nitrogens with one attached hydrogen (secondary N) is 2. The quantitative estimate of drug-likeness (QED) is 0.491. The van der Waals surface area contributed by atoms with Crippen molar-refractivity contribution < 1.29 is 9.59 Å². The van der Waals surface area contributed by atoms with E-state index < -0.39 is 0 Å². The molecule has 0 bridgehead atoms. The Bertz CT molecular complexity index is 1180. The van der Waals surface area contributed by atoms with E-state index >= 15 is 0 Å². The van der Waals surface area contributed by atoms with Crippen LogP contribution in [-0.2, 0) is 22.6 Å². The molecule has 0 saturated heterocycles. The summed E-state index contributed by atoms with van der Waals surface area (Å²) in [6, 6.07) is 12.0. The van der Waals surface area contributed by atoms with Gasteiger partial charge in [-0.15, -0.1) is 0 Å². The number of amides is 2. The predicted octanol–water partition coefficient (Wildman–Crippen LogP) is 5.33. The number of aryl methyl sites for hydroxylation is 6. The van der Waals surface area contributed by atoms with Gasteiger partial charge in [-0.05, 0) is 76.8 Å². The first-order valence-corrected chi connectivity index (χ1v) is 11.4. The molecule has 0 unspecified atom stereocenters. The van der Waals surface area contributed by atoms with Crippen molar-refractivity contribution in [3.05, 3.63) is 75.6 Å². The summed E-state index contributed by atoms with van der Waals surface area (Å²) in [4.78, 5) is 25.0. The van der Waals surface area contributed by atoms with E-state index in [2.05, 4.69) is 27.9 Å². The second kappa shape index (κ2) is 10.5. The molecule has 174 valence electrons. The maximum absolute atomic E-state index is 12.5. The van der Waals surface area contributed by atoms with Gasteiger partial charge in [0.05, 0.1) is 5.69 Å². The van der Waals surface area contributed by atoms with E-state index in [1.807, 2.05) is 70.5 Å². The maximum atomic E-state index is 12.5.